The molecule has 1 heterocycles. The van der Waals surface area contributed by atoms with Gasteiger partial charge in [0.05, 0.1) is 12.2 Å². The van der Waals surface area contributed by atoms with E-state index in [1.54, 1.807) is 0 Å². The minimum absolute atomic E-state index is 0.662. The van der Waals surface area contributed by atoms with E-state index in [-0.39, 0.29) is 0 Å². The quantitative estimate of drug-likeness (QED) is 0.738. The van der Waals surface area contributed by atoms with E-state index in [1.165, 1.54) is 25.7 Å². The maximum Gasteiger partial charge on any atom is 0.119 e. The molecule has 2 rings (SSSR count). The number of hydrogen-bond acceptors (Lipinski definition) is 3. The van der Waals surface area contributed by atoms with Gasteiger partial charge in [-0.2, -0.15) is 0 Å². The van der Waals surface area contributed by atoms with Gasteiger partial charge in [-0.05, 0) is 44.0 Å². The molecule has 0 atom stereocenters. The van der Waals surface area contributed by atoms with Crippen LogP contribution >= 0.6 is 0 Å². The number of unbranched alkanes of at least 4 members (excludes halogenated alkanes) is 4. The van der Waals surface area contributed by atoms with E-state index in [4.69, 9.17) is 4.74 Å². The first-order valence-electron chi connectivity index (χ1n) is 8.78. The summed E-state index contributed by atoms with van der Waals surface area (Å²) in [4.78, 5) is 2.27. The van der Waals surface area contributed by atoms with Gasteiger partial charge in [-0.15, -0.1) is 0 Å². The van der Waals surface area contributed by atoms with Crippen LogP contribution in [0.2, 0.25) is 0 Å². The fourth-order valence-electron chi connectivity index (χ4n) is 3.03. The molecule has 1 saturated heterocycles. The molecule has 0 amide bonds. The zero-order valence-electron chi connectivity index (χ0n) is 14.2. The second-order valence-corrected chi connectivity index (χ2v) is 6.62. The molecule has 124 valence electrons. The van der Waals surface area contributed by atoms with Crippen LogP contribution in [-0.2, 0) is 5.60 Å². The molecule has 3 heteroatoms. The summed E-state index contributed by atoms with van der Waals surface area (Å²) in [7, 11) is 2.11. The molecule has 0 bridgehead atoms. The molecule has 1 aromatic carbocycles. The van der Waals surface area contributed by atoms with Gasteiger partial charge in [-0.1, -0.05) is 44.7 Å². The predicted octanol–water partition coefficient (Wildman–Crippen LogP) is 3.95. The Bertz CT molecular complexity index is 422. The Kier molecular flexibility index (Phi) is 6.71. The van der Waals surface area contributed by atoms with Gasteiger partial charge in [0.15, 0.2) is 0 Å². The van der Waals surface area contributed by atoms with Crippen LogP contribution in [0.15, 0.2) is 24.3 Å². The lowest BCUT2D eigenvalue weighted by atomic mass is 9.84. The van der Waals surface area contributed by atoms with Gasteiger partial charge >= 0.3 is 0 Å². The molecule has 1 aromatic rings. The minimum Gasteiger partial charge on any atom is -0.494 e. The molecular weight excluding hydrogens is 274 g/mol. The van der Waals surface area contributed by atoms with Crippen molar-refractivity contribution in [2.45, 2.75) is 57.5 Å². The summed E-state index contributed by atoms with van der Waals surface area (Å²) in [5.74, 6) is 0.913. The van der Waals surface area contributed by atoms with Crippen molar-refractivity contribution < 1.29 is 9.84 Å². The molecule has 3 nitrogen and oxygen atoms in total. The molecule has 1 aliphatic heterocycles. The number of likely N-dealkylation sites (tertiary alicyclic amines) is 1. The van der Waals surface area contributed by atoms with Crippen molar-refractivity contribution in [1.82, 2.24) is 4.90 Å². The van der Waals surface area contributed by atoms with Crippen LogP contribution in [0.1, 0.15) is 57.4 Å². The Balaban J connectivity index is 1.78. The topological polar surface area (TPSA) is 32.7 Å². The molecule has 0 aliphatic carbocycles. The van der Waals surface area contributed by atoms with Gasteiger partial charge in [0, 0.05) is 13.1 Å². The van der Waals surface area contributed by atoms with E-state index >= 15 is 0 Å². The van der Waals surface area contributed by atoms with Crippen LogP contribution in [0.3, 0.4) is 0 Å². The van der Waals surface area contributed by atoms with Crippen molar-refractivity contribution in [3.63, 3.8) is 0 Å². The van der Waals surface area contributed by atoms with Gasteiger partial charge in [0.2, 0.25) is 0 Å². The summed E-state index contributed by atoms with van der Waals surface area (Å²) < 4.78 is 5.79. The summed E-state index contributed by atoms with van der Waals surface area (Å²) in [5, 5.41) is 10.8. The van der Waals surface area contributed by atoms with Gasteiger partial charge in [-0.3, -0.25) is 0 Å². The maximum absolute atomic E-state index is 10.8. The average molecular weight is 305 g/mol. The van der Waals surface area contributed by atoms with Crippen LogP contribution in [0.5, 0.6) is 5.75 Å². The van der Waals surface area contributed by atoms with Crippen LogP contribution < -0.4 is 4.74 Å². The molecular formula is C19H31NO2. The minimum atomic E-state index is -0.662. The van der Waals surface area contributed by atoms with E-state index in [1.807, 2.05) is 24.3 Å². The Morgan fingerprint density at radius 1 is 1.05 bits per heavy atom. The van der Waals surface area contributed by atoms with Gasteiger partial charge in [-0.25, -0.2) is 0 Å². The SMILES string of the molecule is CCCCCCCOc1ccc(C2(O)CCN(C)CC2)cc1. The van der Waals surface area contributed by atoms with Crippen LogP contribution in [0.25, 0.3) is 0 Å². The Hall–Kier alpha value is -1.06. The highest BCUT2D eigenvalue weighted by Crippen LogP contribution is 2.33. The van der Waals surface area contributed by atoms with Crippen molar-refractivity contribution in [2.75, 3.05) is 26.7 Å². The number of aliphatic hydroxyl groups is 1. The number of benzene rings is 1. The standard InChI is InChI=1S/C19H31NO2/c1-3-4-5-6-7-16-22-18-10-8-17(9-11-18)19(21)12-14-20(2)15-13-19/h8-11,21H,3-7,12-16H2,1-2H3. The molecule has 1 fully saturated rings. The number of ether oxygens (including phenoxy) is 1. The highest BCUT2D eigenvalue weighted by atomic mass is 16.5. The van der Waals surface area contributed by atoms with Gasteiger partial charge in [0.25, 0.3) is 0 Å². The number of piperidine rings is 1. The summed E-state index contributed by atoms with van der Waals surface area (Å²) in [6, 6.07) is 8.05. The highest BCUT2D eigenvalue weighted by molar-refractivity contribution is 5.31. The summed E-state index contributed by atoms with van der Waals surface area (Å²) in [5.41, 5.74) is 0.362. The molecule has 0 radical (unpaired) electrons. The van der Waals surface area contributed by atoms with Crippen molar-refractivity contribution >= 4 is 0 Å². The fourth-order valence-corrected chi connectivity index (χ4v) is 3.03. The van der Waals surface area contributed by atoms with Crippen molar-refractivity contribution in [3.05, 3.63) is 29.8 Å². The molecule has 0 spiro atoms. The Labute approximate surface area is 135 Å². The number of rotatable bonds is 8. The van der Waals surface area contributed by atoms with Crippen LogP contribution in [0.4, 0.5) is 0 Å². The second kappa shape index (κ2) is 8.54. The first-order chi connectivity index (χ1) is 10.6. The third-order valence-corrected chi connectivity index (χ3v) is 4.72. The normalized spacial score (nSPS) is 18.3. The summed E-state index contributed by atoms with van der Waals surface area (Å²) in [6.45, 7) is 4.92. The lowest BCUT2D eigenvalue weighted by Crippen LogP contribution is -2.40. The molecule has 0 unspecified atom stereocenters. The Morgan fingerprint density at radius 2 is 1.68 bits per heavy atom. The van der Waals surface area contributed by atoms with E-state index in [0.29, 0.717) is 0 Å². The third kappa shape index (κ3) is 4.99. The number of hydrogen-bond donors (Lipinski definition) is 1. The zero-order valence-corrected chi connectivity index (χ0v) is 14.2. The van der Waals surface area contributed by atoms with Crippen molar-refractivity contribution in [2.24, 2.45) is 0 Å². The highest BCUT2D eigenvalue weighted by Gasteiger charge is 2.32. The lowest BCUT2D eigenvalue weighted by molar-refractivity contribution is -0.0203. The van der Waals surface area contributed by atoms with Gasteiger partial charge < -0.3 is 14.7 Å². The van der Waals surface area contributed by atoms with E-state index in [9.17, 15) is 5.11 Å². The largest absolute Gasteiger partial charge is 0.494 e. The van der Waals surface area contributed by atoms with Crippen LogP contribution in [0, 0.1) is 0 Å². The van der Waals surface area contributed by atoms with Crippen LogP contribution in [-0.4, -0.2) is 36.8 Å². The maximum atomic E-state index is 10.8. The number of nitrogens with zero attached hydrogens (tertiary/aromatic N) is 1. The Morgan fingerprint density at radius 3 is 2.32 bits per heavy atom. The molecule has 0 saturated carbocycles. The second-order valence-electron chi connectivity index (χ2n) is 6.62. The molecule has 0 aromatic heterocycles. The monoisotopic (exact) mass is 305 g/mol. The van der Waals surface area contributed by atoms with E-state index < -0.39 is 5.60 Å². The van der Waals surface area contributed by atoms with E-state index in [0.717, 1.165) is 50.3 Å². The molecule has 1 N–H and O–H groups in total. The first-order valence-corrected chi connectivity index (χ1v) is 8.78. The molecule has 1 aliphatic rings. The van der Waals surface area contributed by atoms with E-state index in [2.05, 4.69) is 18.9 Å². The lowest BCUT2D eigenvalue weighted by Gasteiger charge is -2.37. The average Bonchev–Trinajstić information content (AvgIpc) is 2.54. The summed E-state index contributed by atoms with van der Waals surface area (Å²) >= 11 is 0. The first kappa shape index (κ1) is 17.3. The van der Waals surface area contributed by atoms with Crippen molar-refractivity contribution in [1.29, 1.82) is 0 Å². The summed E-state index contributed by atoms with van der Waals surface area (Å²) in [6.07, 6.45) is 7.89. The third-order valence-electron chi connectivity index (χ3n) is 4.72. The van der Waals surface area contributed by atoms with Crippen molar-refractivity contribution in [3.8, 4) is 5.75 Å². The molecule has 22 heavy (non-hydrogen) atoms. The smallest absolute Gasteiger partial charge is 0.119 e. The zero-order chi connectivity index (χ0) is 15.8. The predicted molar refractivity (Wildman–Crippen MR) is 91.3 cm³/mol. The van der Waals surface area contributed by atoms with Gasteiger partial charge in [0.1, 0.15) is 5.75 Å². The fraction of sp³-hybridized carbons (Fsp3) is 0.684.